The monoisotopic (exact) mass is 327 g/mol. The van der Waals surface area contributed by atoms with Crippen LogP contribution in [0.5, 0.6) is 0 Å². The number of ether oxygens (including phenoxy) is 2. The van der Waals surface area contributed by atoms with Crippen molar-refractivity contribution in [3.63, 3.8) is 0 Å². The molecule has 0 aliphatic rings. The standard InChI is InChI=1S/C19H21NO4/c1-20(11-19(23-2)24-3)18-10-16(8-9-17(18)13-22)15-6-4-14(12-21)5-7-15/h4-10,12-13,19H,11H2,1-3H3. The Morgan fingerprint density at radius 3 is 2.12 bits per heavy atom. The molecule has 0 heterocycles. The van der Waals surface area contributed by atoms with Crippen molar-refractivity contribution in [1.82, 2.24) is 0 Å². The van der Waals surface area contributed by atoms with E-state index in [0.29, 0.717) is 17.7 Å². The smallest absolute Gasteiger partial charge is 0.174 e. The normalized spacial score (nSPS) is 10.7. The minimum absolute atomic E-state index is 0.384. The summed E-state index contributed by atoms with van der Waals surface area (Å²) < 4.78 is 10.4. The summed E-state index contributed by atoms with van der Waals surface area (Å²) in [6, 6.07) is 12.9. The van der Waals surface area contributed by atoms with Gasteiger partial charge in [0.1, 0.15) is 6.29 Å². The quantitative estimate of drug-likeness (QED) is 0.551. The summed E-state index contributed by atoms with van der Waals surface area (Å²) >= 11 is 0. The number of benzene rings is 2. The Morgan fingerprint density at radius 2 is 1.58 bits per heavy atom. The third-order valence-electron chi connectivity index (χ3n) is 3.90. The van der Waals surface area contributed by atoms with Crippen LogP contribution in [0.25, 0.3) is 11.1 Å². The van der Waals surface area contributed by atoms with E-state index < -0.39 is 0 Å². The Hall–Kier alpha value is -2.50. The van der Waals surface area contributed by atoms with Gasteiger partial charge in [-0.3, -0.25) is 9.59 Å². The molecule has 2 aromatic carbocycles. The van der Waals surface area contributed by atoms with Crippen molar-refractivity contribution >= 4 is 18.3 Å². The summed E-state index contributed by atoms with van der Waals surface area (Å²) in [6.07, 6.45) is 1.26. The van der Waals surface area contributed by atoms with Crippen LogP contribution in [0.3, 0.4) is 0 Å². The lowest BCUT2D eigenvalue weighted by molar-refractivity contribution is -0.0944. The maximum absolute atomic E-state index is 11.4. The predicted octanol–water partition coefficient (Wildman–Crippen LogP) is 3.03. The average molecular weight is 327 g/mol. The van der Waals surface area contributed by atoms with Crippen molar-refractivity contribution in [2.75, 3.05) is 32.7 Å². The average Bonchev–Trinajstić information content (AvgIpc) is 2.65. The summed E-state index contributed by atoms with van der Waals surface area (Å²) in [7, 11) is 5.04. The van der Waals surface area contributed by atoms with Crippen molar-refractivity contribution in [2.45, 2.75) is 6.29 Å². The molecule has 2 rings (SSSR count). The lowest BCUT2D eigenvalue weighted by Gasteiger charge is -2.25. The molecular formula is C19H21NO4. The van der Waals surface area contributed by atoms with Gasteiger partial charge < -0.3 is 14.4 Å². The molecule has 0 unspecified atom stereocenters. The Kier molecular flexibility index (Phi) is 6.23. The lowest BCUT2D eigenvalue weighted by atomic mass is 10.0. The van der Waals surface area contributed by atoms with E-state index in [9.17, 15) is 9.59 Å². The van der Waals surface area contributed by atoms with Gasteiger partial charge in [-0.05, 0) is 23.3 Å². The first-order valence-electron chi connectivity index (χ1n) is 7.54. The molecule has 0 amide bonds. The molecule has 0 aliphatic heterocycles. The highest BCUT2D eigenvalue weighted by Crippen LogP contribution is 2.27. The summed E-state index contributed by atoms with van der Waals surface area (Å²) in [5, 5.41) is 0. The second kappa shape index (κ2) is 8.38. The number of likely N-dealkylation sites (N-methyl/N-ethyl adjacent to an activating group) is 1. The van der Waals surface area contributed by atoms with Crippen molar-refractivity contribution in [1.29, 1.82) is 0 Å². The van der Waals surface area contributed by atoms with E-state index >= 15 is 0 Å². The first kappa shape index (κ1) is 17.8. The van der Waals surface area contributed by atoms with Crippen molar-refractivity contribution in [3.05, 3.63) is 53.6 Å². The fourth-order valence-corrected chi connectivity index (χ4v) is 2.47. The van der Waals surface area contributed by atoms with Crippen LogP contribution in [-0.2, 0) is 9.47 Å². The molecule has 0 atom stereocenters. The molecule has 0 spiro atoms. The molecule has 0 saturated heterocycles. The van der Waals surface area contributed by atoms with Crippen LogP contribution in [0.2, 0.25) is 0 Å². The predicted molar refractivity (Wildman–Crippen MR) is 93.7 cm³/mol. The summed E-state index contributed by atoms with van der Waals surface area (Å²) in [5.41, 5.74) is 3.95. The number of anilines is 1. The summed E-state index contributed by atoms with van der Waals surface area (Å²) in [6.45, 7) is 0.487. The van der Waals surface area contributed by atoms with Crippen LogP contribution in [0.1, 0.15) is 20.7 Å². The highest BCUT2D eigenvalue weighted by molar-refractivity contribution is 5.87. The van der Waals surface area contributed by atoms with Gasteiger partial charge in [0.2, 0.25) is 0 Å². The van der Waals surface area contributed by atoms with Crippen LogP contribution in [0.15, 0.2) is 42.5 Å². The number of rotatable bonds is 8. The van der Waals surface area contributed by atoms with Crippen LogP contribution in [-0.4, -0.2) is 46.7 Å². The molecule has 0 N–H and O–H groups in total. The SMILES string of the molecule is COC(CN(C)c1cc(-c2ccc(C=O)cc2)ccc1C=O)OC. The largest absolute Gasteiger partial charge is 0.369 e. The number of hydrogen-bond donors (Lipinski definition) is 0. The van der Waals surface area contributed by atoms with E-state index in [1.54, 1.807) is 32.4 Å². The van der Waals surface area contributed by atoms with E-state index in [1.165, 1.54) is 0 Å². The van der Waals surface area contributed by atoms with Crippen LogP contribution in [0, 0.1) is 0 Å². The Bertz CT molecular complexity index is 693. The van der Waals surface area contributed by atoms with Crippen LogP contribution >= 0.6 is 0 Å². The Labute approximate surface area is 141 Å². The molecule has 0 aromatic heterocycles. The van der Waals surface area contributed by atoms with Gasteiger partial charge in [-0.1, -0.05) is 30.3 Å². The number of carbonyl (C=O) groups excluding carboxylic acids is 2. The Balaban J connectivity index is 2.35. The molecule has 126 valence electrons. The Morgan fingerprint density at radius 1 is 0.958 bits per heavy atom. The van der Waals surface area contributed by atoms with E-state index in [4.69, 9.17) is 9.47 Å². The highest BCUT2D eigenvalue weighted by Gasteiger charge is 2.14. The minimum Gasteiger partial charge on any atom is -0.369 e. The number of nitrogens with zero attached hydrogens (tertiary/aromatic N) is 1. The molecule has 2 aromatic rings. The second-order valence-electron chi connectivity index (χ2n) is 5.41. The molecule has 5 heteroatoms. The van der Waals surface area contributed by atoms with Gasteiger partial charge in [-0.15, -0.1) is 0 Å². The summed E-state index contributed by atoms with van der Waals surface area (Å²) in [4.78, 5) is 24.1. The zero-order chi connectivity index (χ0) is 17.5. The molecule has 24 heavy (non-hydrogen) atoms. The third-order valence-corrected chi connectivity index (χ3v) is 3.90. The van der Waals surface area contributed by atoms with Gasteiger partial charge in [0.05, 0.1) is 6.54 Å². The highest BCUT2D eigenvalue weighted by atomic mass is 16.7. The van der Waals surface area contributed by atoms with Gasteiger partial charge in [0, 0.05) is 38.1 Å². The van der Waals surface area contributed by atoms with E-state index in [2.05, 4.69) is 0 Å². The molecular weight excluding hydrogens is 306 g/mol. The van der Waals surface area contributed by atoms with Gasteiger partial charge in [-0.25, -0.2) is 0 Å². The van der Waals surface area contributed by atoms with Gasteiger partial charge in [0.25, 0.3) is 0 Å². The number of hydrogen-bond acceptors (Lipinski definition) is 5. The molecule has 5 nitrogen and oxygen atoms in total. The maximum atomic E-state index is 11.4. The molecule has 0 fully saturated rings. The zero-order valence-electron chi connectivity index (χ0n) is 14.1. The number of aldehydes is 2. The van der Waals surface area contributed by atoms with E-state index in [1.807, 2.05) is 36.2 Å². The number of methoxy groups -OCH3 is 2. The van der Waals surface area contributed by atoms with Gasteiger partial charge >= 0.3 is 0 Å². The first-order valence-corrected chi connectivity index (χ1v) is 7.54. The lowest BCUT2D eigenvalue weighted by Crippen LogP contribution is -2.32. The zero-order valence-corrected chi connectivity index (χ0v) is 14.1. The third kappa shape index (κ3) is 4.07. The van der Waals surface area contributed by atoms with E-state index in [0.717, 1.165) is 29.4 Å². The first-order chi connectivity index (χ1) is 11.6. The van der Waals surface area contributed by atoms with Crippen molar-refractivity contribution < 1.29 is 19.1 Å². The maximum Gasteiger partial charge on any atom is 0.174 e. The van der Waals surface area contributed by atoms with Crippen molar-refractivity contribution in [3.8, 4) is 11.1 Å². The summed E-state index contributed by atoms with van der Waals surface area (Å²) in [5.74, 6) is 0. The van der Waals surface area contributed by atoms with Crippen LogP contribution in [0.4, 0.5) is 5.69 Å². The molecule has 0 radical (unpaired) electrons. The fraction of sp³-hybridized carbons (Fsp3) is 0.263. The van der Waals surface area contributed by atoms with Gasteiger partial charge in [0.15, 0.2) is 12.6 Å². The second-order valence-corrected chi connectivity index (χ2v) is 5.41. The van der Waals surface area contributed by atoms with Gasteiger partial charge in [-0.2, -0.15) is 0 Å². The number of carbonyl (C=O) groups is 2. The molecule has 0 saturated carbocycles. The molecule has 0 aliphatic carbocycles. The van der Waals surface area contributed by atoms with Crippen LogP contribution < -0.4 is 4.90 Å². The molecule has 0 bridgehead atoms. The minimum atomic E-state index is -0.384. The fourth-order valence-electron chi connectivity index (χ4n) is 2.47. The van der Waals surface area contributed by atoms with E-state index in [-0.39, 0.29) is 6.29 Å². The van der Waals surface area contributed by atoms with Crippen molar-refractivity contribution in [2.24, 2.45) is 0 Å². The topological polar surface area (TPSA) is 55.8 Å².